The van der Waals surface area contributed by atoms with Gasteiger partial charge in [0, 0.05) is 13.0 Å². The van der Waals surface area contributed by atoms with Gasteiger partial charge in [0.15, 0.2) is 0 Å². The SMILES string of the molecule is CCCCCCCCCCCCCCCC(=O)OCCOCCOCCOCCOCCOCCOCCCCCCCCCC. The fourth-order valence-corrected chi connectivity index (χ4v) is 5.11. The number of ether oxygens (including phenoxy) is 7. The molecule has 0 aromatic rings. The molecule has 0 unspecified atom stereocenters. The van der Waals surface area contributed by atoms with Crippen molar-refractivity contribution in [3.63, 3.8) is 0 Å². The van der Waals surface area contributed by atoms with Gasteiger partial charge in [0.25, 0.3) is 0 Å². The summed E-state index contributed by atoms with van der Waals surface area (Å²) in [5, 5.41) is 0. The molecular formula is C38H76O8. The number of esters is 1. The molecule has 276 valence electrons. The zero-order valence-electron chi connectivity index (χ0n) is 30.5. The maximum Gasteiger partial charge on any atom is 0.305 e. The molecule has 8 nitrogen and oxygen atoms in total. The fraction of sp³-hybridized carbons (Fsp3) is 0.974. The molecule has 0 atom stereocenters. The van der Waals surface area contributed by atoms with E-state index in [1.165, 1.54) is 116 Å². The van der Waals surface area contributed by atoms with Crippen molar-refractivity contribution < 1.29 is 38.0 Å². The molecule has 0 saturated carbocycles. The van der Waals surface area contributed by atoms with Gasteiger partial charge >= 0.3 is 5.97 Å². The Balaban J connectivity index is 3.12. The molecule has 0 fully saturated rings. The Labute approximate surface area is 284 Å². The number of hydrogen-bond donors (Lipinski definition) is 0. The summed E-state index contributed by atoms with van der Waals surface area (Å²) < 4.78 is 38.4. The largest absolute Gasteiger partial charge is 0.463 e. The highest BCUT2D eigenvalue weighted by Gasteiger charge is 2.03. The van der Waals surface area contributed by atoms with Crippen LogP contribution in [0.4, 0.5) is 0 Å². The molecule has 0 rings (SSSR count). The number of carbonyl (C=O) groups is 1. The molecule has 46 heavy (non-hydrogen) atoms. The van der Waals surface area contributed by atoms with Crippen LogP contribution in [-0.4, -0.2) is 91.9 Å². The summed E-state index contributed by atoms with van der Waals surface area (Å²) in [5.41, 5.74) is 0. The molecule has 0 aliphatic rings. The average Bonchev–Trinajstić information content (AvgIpc) is 3.06. The van der Waals surface area contributed by atoms with E-state index in [1.807, 2.05) is 0 Å². The van der Waals surface area contributed by atoms with Crippen LogP contribution in [0.15, 0.2) is 0 Å². The van der Waals surface area contributed by atoms with E-state index in [0.717, 1.165) is 25.9 Å². The third-order valence-corrected chi connectivity index (χ3v) is 7.98. The van der Waals surface area contributed by atoms with Gasteiger partial charge in [0.2, 0.25) is 0 Å². The van der Waals surface area contributed by atoms with E-state index < -0.39 is 0 Å². The summed E-state index contributed by atoms with van der Waals surface area (Å²) in [6.07, 6.45) is 28.0. The van der Waals surface area contributed by atoms with Crippen molar-refractivity contribution in [3.05, 3.63) is 0 Å². The van der Waals surface area contributed by atoms with Gasteiger partial charge in [0.1, 0.15) is 6.61 Å². The number of rotatable bonds is 41. The predicted octanol–water partition coefficient (Wildman–Crippen LogP) is 9.25. The molecule has 0 aromatic carbocycles. The first kappa shape index (κ1) is 45.2. The standard InChI is InChI=1S/C38H76O8/c1-3-5-7-9-11-13-14-15-16-17-18-20-22-24-38(39)46-37-36-45-35-34-44-33-32-43-31-30-42-29-28-41-27-26-40-25-23-21-19-12-10-8-6-4-2/h3-37H2,1-2H3. The molecule has 0 aliphatic heterocycles. The molecule has 0 spiro atoms. The van der Waals surface area contributed by atoms with Crippen molar-refractivity contribution in [2.45, 2.75) is 155 Å². The summed E-state index contributed by atoms with van der Waals surface area (Å²) in [6.45, 7) is 11.5. The van der Waals surface area contributed by atoms with Crippen molar-refractivity contribution in [3.8, 4) is 0 Å². The third-order valence-electron chi connectivity index (χ3n) is 7.98. The van der Waals surface area contributed by atoms with E-state index in [2.05, 4.69) is 13.8 Å². The van der Waals surface area contributed by atoms with Crippen molar-refractivity contribution in [2.75, 3.05) is 85.9 Å². The topological polar surface area (TPSA) is 81.7 Å². The molecule has 0 aromatic heterocycles. The van der Waals surface area contributed by atoms with Crippen molar-refractivity contribution in [2.24, 2.45) is 0 Å². The molecule has 0 saturated heterocycles. The summed E-state index contributed by atoms with van der Waals surface area (Å²) in [4.78, 5) is 11.9. The minimum atomic E-state index is -0.120. The van der Waals surface area contributed by atoms with Gasteiger partial charge in [-0.2, -0.15) is 0 Å². The van der Waals surface area contributed by atoms with Crippen molar-refractivity contribution in [1.29, 1.82) is 0 Å². The van der Waals surface area contributed by atoms with Crippen LogP contribution in [-0.2, 0) is 38.0 Å². The Bertz CT molecular complexity index is 563. The van der Waals surface area contributed by atoms with Gasteiger partial charge in [0.05, 0.1) is 72.7 Å². The fourth-order valence-electron chi connectivity index (χ4n) is 5.11. The third kappa shape index (κ3) is 41.3. The zero-order valence-corrected chi connectivity index (χ0v) is 30.5. The van der Waals surface area contributed by atoms with Gasteiger partial charge in [-0.15, -0.1) is 0 Å². The Morgan fingerprint density at radius 2 is 0.565 bits per heavy atom. The molecular weight excluding hydrogens is 584 g/mol. The first-order valence-electron chi connectivity index (χ1n) is 19.4. The highest BCUT2D eigenvalue weighted by atomic mass is 16.6. The lowest BCUT2D eigenvalue weighted by Crippen LogP contribution is -2.15. The van der Waals surface area contributed by atoms with E-state index in [0.29, 0.717) is 85.7 Å². The van der Waals surface area contributed by atoms with Crippen LogP contribution >= 0.6 is 0 Å². The molecule has 0 bridgehead atoms. The lowest BCUT2D eigenvalue weighted by molar-refractivity contribution is -0.145. The van der Waals surface area contributed by atoms with E-state index in [4.69, 9.17) is 33.2 Å². The molecule has 0 heterocycles. The second kappa shape index (κ2) is 42.3. The summed E-state index contributed by atoms with van der Waals surface area (Å²) in [5.74, 6) is -0.120. The van der Waals surface area contributed by atoms with E-state index in [-0.39, 0.29) is 5.97 Å². The molecule has 0 radical (unpaired) electrons. The molecule has 0 aliphatic carbocycles. The van der Waals surface area contributed by atoms with Crippen LogP contribution < -0.4 is 0 Å². The van der Waals surface area contributed by atoms with Crippen LogP contribution in [0.25, 0.3) is 0 Å². The van der Waals surface area contributed by atoms with Crippen LogP contribution in [0.2, 0.25) is 0 Å². The van der Waals surface area contributed by atoms with Gasteiger partial charge in [-0.25, -0.2) is 0 Å². The predicted molar refractivity (Wildman–Crippen MR) is 189 cm³/mol. The zero-order chi connectivity index (χ0) is 33.3. The van der Waals surface area contributed by atoms with Crippen molar-refractivity contribution >= 4 is 5.97 Å². The Kier molecular flexibility index (Phi) is 41.5. The number of hydrogen-bond acceptors (Lipinski definition) is 8. The highest BCUT2D eigenvalue weighted by molar-refractivity contribution is 5.69. The minimum absolute atomic E-state index is 0.120. The smallest absolute Gasteiger partial charge is 0.305 e. The van der Waals surface area contributed by atoms with Gasteiger partial charge in [-0.1, -0.05) is 136 Å². The molecule has 0 amide bonds. The van der Waals surface area contributed by atoms with E-state index >= 15 is 0 Å². The van der Waals surface area contributed by atoms with E-state index in [9.17, 15) is 4.79 Å². The Morgan fingerprint density at radius 1 is 0.304 bits per heavy atom. The monoisotopic (exact) mass is 661 g/mol. The number of unbranched alkanes of at least 4 members (excludes halogenated alkanes) is 19. The summed E-state index contributed by atoms with van der Waals surface area (Å²) in [6, 6.07) is 0. The highest BCUT2D eigenvalue weighted by Crippen LogP contribution is 2.13. The average molecular weight is 661 g/mol. The maximum absolute atomic E-state index is 11.9. The van der Waals surface area contributed by atoms with Crippen LogP contribution in [0.3, 0.4) is 0 Å². The molecule has 8 heteroatoms. The van der Waals surface area contributed by atoms with Crippen molar-refractivity contribution in [1.82, 2.24) is 0 Å². The minimum Gasteiger partial charge on any atom is -0.463 e. The lowest BCUT2D eigenvalue weighted by Gasteiger charge is -2.08. The first-order chi connectivity index (χ1) is 22.8. The van der Waals surface area contributed by atoms with Crippen LogP contribution in [0.5, 0.6) is 0 Å². The van der Waals surface area contributed by atoms with Crippen LogP contribution in [0.1, 0.15) is 155 Å². The van der Waals surface area contributed by atoms with Gasteiger partial charge in [-0.05, 0) is 12.8 Å². The van der Waals surface area contributed by atoms with Gasteiger partial charge in [-0.3, -0.25) is 4.79 Å². The van der Waals surface area contributed by atoms with Crippen LogP contribution in [0, 0.1) is 0 Å². The first-order valence-corrected chi connectivity index (χ1v) is 19.4. The number of carbonyl (C=O) groups excluding carboxylic acids is 1. The van der Waals surface area contributed by atoms with Gasteiger partial charge < -0.3 is 33.2 Å². The summed E-state index contributed by atoms with van der Waals surface area (Å²) in [7, 11) is 0. The lowest BCUT2D eigenvalue weighted by atomic mass is 10.0. The summed E-state index contributed by atoms with van der Waals surface area (Å²) >= 11 is 0. The maximum atomic E-state index is 11.9. The second-order valence-corrected chi connectivity index (χ2v) is 12.4. The quantitative estimate of drug-likeness (QED) is 0.0474. The van der Waals surface area contributed by atoms with E-state index in [1.54, 1.807) is 0 Å². The normalized spacial score (nSPS) is 11.4. The Morgan fingerprint density at radius 3 is 0.913 bits per heavy atom. The molecule has 0 N–H and O–H groups in total. The Hall–Kier alpha value is -0.770. The second-order valence-electron chi connectivity index (χ2n) is 12.4.